The third-order valence-electron chi connectivity index (χ3n) is 7.80. The van der Waals surface area contributed by atoms with Gasteiger partial charge in [-0.15, -0.1) is 0 Å². The Labute approximate surface area is 204 Å². The summed E-state index contributed by atoms with van der Waals surface area (Å²) in [4.78, 5) is 20.3. The fourth-order valence-corrected chi connectivity index (χ4v) is 6.17. The predicted octanol–water partition coefficient (Wildman–Crippen LogP) is 4.03. The van der Waals surface area contributed by atoms with Gasteiger partial charge in [0, 0.05) is 68.6 Å². The summed E-state index contributed by atoms with van der Waals surface area (Å²) in [5.74, 6) is -2.23. The van der Waals surface area contributed by atoms with Crippen molar-refractivity contribution in [1.82, 2.24) is 9.80 Å². The molecule has 3 aliphatic heterocycles. The number of halogens is 3. The van der Waals surface area contributed by atoms with Crippen molar-refractivity contribution in [3.05, 3.63) is 65.5 Å². The molecule has 1 amide bonds. The topological polar surface area (TPSA) is 36.0 Å². The van der Waals surface area contributed by atoms with Gasteiger partial charge in [-0.1, -0.05) is 6.07 Å². The molecule has 3 aliphatic rings. The van der Waals surface area contributed by atoms with Crippen molar-refractivity contribution in [1.29, 1.82) is 0 Å². The van der Waals surface area contributed by atoms with Crippen molar-refractivity contribution < 1.29 is 22.7 Å². The van der Waals surface area contributed by atoms with Gasteiger partial charge in [-0.05, 0) is 56.2 Å². The number of likely N-dealkylation sites (tertiary alicyclic amines) is 1. The minimum atomic E-state index is -0.618. The van der Waals surface area contributed by atoms with Crippen LogP contribution in [0.2, 0.25) is 0 Å². The number of carbonyl (C=O) groups is 1. The maximum Gasteiger partial charge on any atom is 0.227 e. The van der Waals surface area contributed by atoms with E-state index in [1.54, 1.807) is 12.1 Å². The zero-order chi connectivity index (χ0) is 24.7. The average Bonchev–Trinajstić information content (AvgIpc) is 3.49. The number of anilines is 1. The highest BCUT2D eigenvalue weighted by Crippen LogP contribution is 2.38. The number of rotatable bonds is 4. The molecule has 0 aliphatic carbocycles. The van der Waals surface area contributed by atoms with Crippen LogP contribution in [0.25, 0.3) is 0 Å². The molecule has 3 fully saturated rings. The summed E-state index contributed by atoms with van der Waals surface area (Å²) in [6.45, 7) is 7.58. The molecule has 188 valence electrons. The number of hydrogen-bond donors (Lipinski definition) is 0. The molecule has 2 aromatic carbocycles. The third kappa shape index (κ3) is 4.78. The molecule has 0 N–H and O–H groups in total. The fraction of sp³-hybridized carbons (Fsp3) is 0.519. The Balaban J connectivity index is 1.37. The van der Waals surface area contributed by atoms with Crippen LogP contribution < -0.4 is 4.90 Å². The van der Waals surface area contributed by atoms with Crippen LogP contribution >= 0.6 is 0 Å². The van der Waals surface area contributed by atoms with E-state index < -0.39 is 17.6 Å². The normalized spacial score (nSPS) is 29.7. The molecule has 35 heavy (non-hydrogen) atoms. The summed E-state index contributed by atoms with van der Waals surface area (Å²) in [7, 11) is 0. The number of nitrogens with zero attached hydrogens (tertiary/aromatic N) is 3. The van der Waals surface area contributed by atoms with Gasteiger partial charge in [0.05, 0.1) is 12.5 Å². The Kier molecular flexibility index (Phi) is 6.77. The number of piperazine rings is 1. The van der Waals surface area contributed by atoms with E-state index in [1.165, 1.54) is 24.3 Å². The van der Waals surface area contributed by atoms with Gasteiger partial charge in [-0.25, -0.2) is 13.2 Å². The first kappa shape index (κ1) is 24.1. The molecule has 0 saturated carbocycles. The van der Waals surface area contributed by atoms with E-state index >= 15 is 0 Å². The van der Waals surface area contributed by atoms with Crippen molar-refractivity contribution in [2.45, 2.75) is 44.3 Å². The minimum absolute atomic E-state index is 0.0117. The van der Waals surface area contributed by atoms with Crippen LogP contribution in [0.3, 0.4) is 0 Å². The Morgan fingerprint density at radius 1 is 0.914 bits per heavy atom. The van der Waals surface area contributed by atoms with Crippen LogP contribution in [0.5, 0.6) is 0 Å². The lowest BCUT2D eigenvalue weighted by molar-refractivity contribution is -0.137. The van der Waals surface area contributed by atoms with Crippen molar-refractivity contribution in [3.8, 4) is 0 Å². The lowest BCUT2D eigenvalue weighted by atomic mass is 9.87. The number of hydrogen-bond acceptors (Lipinski definition) is 4. The molecule has 0 radical (unpaired) electrons. The van der Waals surface area contributed by atoms with Gasteiger partial charge in [-0.2, -0.15) is 0 Å². The Morgan fingerprint density at radius 2 is 1.60 bits per heavy atom. The minimum Gasteiger partial charge on any atom is -0.380 e. The first-order valence-electron chi connectivity index (χ1n) is 12.4. The van der Waals surface area contributed by atoms with Gasteiger partial charge < -0.3 is 14.5 Å². The largest absolute Gasteiger partial charge is 0.380 e. The van der Waals surface area contributed by atoms with Gasteiger partial charge in [-0.3, -0.25) is 9.69 Å². The Hall–Kier alpha value is -2.58. The second-order valence-corrected chi connectivity index (χ2v) is 10.2. The smallest absolute Gasteiger partial charge is 0.227 e. The molecule has 8 heteroatoms. The summed E-state index contributed by atoms with van der Waals surface area (Å²) < 4.78 is 47.4. The maximum absolute atomic E-state index is 14.8. The quantitative estimate of drug-likeness (QED) is 0.653. The summed E-state index contributed by atoms with van der Waals surface area (Å²) in [5.41, 5.74) is 1.33. The second-order valence-electron chi connectivity index (χ2n) is 10.2. The van der Waals surface area contributed by atoms with Crippen LogP contribution in [-0.4, -0.2) is 73.2 Å². The van der Waals surface area contributed by atoms with Crippen molar-refractivity contribution >= 4 is 11.6 Å². The highest BCUT2D eigenvalue weighted by Gasteiger charge is 2.45. The third-order valence-corrected chi connectivity index (χ3v) is 7.80. The molecular weight excluding hydrogens is 455 g/mol. The standard InChI is InChI=1S/C27H32F3N3O2/c1-17-12-32(13-18(2)33(17)21-6-3-19(28)4-7-21)27(34)25-15-31(22-9-10-35-16-22)14-24(25)23-8-5-20(29)11-26(23)30/h3-8,11,17-18,22,24-25H,9-10,12-16H2,1-2H3/t17-,18+,22?,24?,25?. The number of amides is 1. The maximum atomic E-state index is 14.8. The predicted molar refractivity (Wildman–Crippen MR) is 128 cm³/mol. The zero-order valence-corrected chi connectivity index (χ0v) is 20.2. The first-order valence-corrected chi connectivity index (χ1v) is 12.4. The van der Waals surface area contributed by atoms with Crippen molar-refractivity contribution in [2.75, 3.05) is 44.3 Å². The fourth-order valence-electron chi connectivity index (χ4n) is 6.17. The number of benzene rings is 2. The van der Waals surface area contributed by atoms with Crippen LogP contribution in [0.15, 0.2) is 42.5 Å². The summed E-state index contributed by atoms with van der Waals surface area (Å²) in [6, 6.07) is 10.4. The molecule has 5 rings (SSSR count). The summed E-state index contributed by atoms with van der Waals surface area (Å²) in [6.07, 6.45) is 0.893. The van der Waals surface area contributed by atoms with Gasteiger partial charge in [0.1, 0.15) is 17.5 Å². The molecule has 5 atom stereocenters. The van der Waals surface area contributed by atoms with E-state index in [4.69, 9.17) is 4.74 Å². The van der Waals surface area contributed by atoms with Crippen LogP contribution in [0.1, 0.15) is 31.7 Å². The summed E-state index contributed by atoms with van der Waals surface area (Å²) in [5, 5.41) is 0. The van der Waals surface area contributed by atoms with E-state index in [1.807, 2.05) is 4.90 Å². The van der Waals surface area contributed by atoms with Crippen molar-refractivity contribution in [3.63, 3.8) is 0 Å². The molecule has 0 bridgehead atoms. The van der Waals surface area contributed by atoms with Crippen LogP contribution in [-0.2, 0) is 9.53 Å². The number of carbonyl (C=O) groups excluding carboxylic acids is 1. The zero-order valence-electron chi connectivity index (χ0n) is 20.2. The van der Waals surface area contributed by atoms with Gasteiger partial charge in [0.25, 0.3) is 0 Å². The van der Waals surface area contributed by atoms with Crippen LogP contribution in [0.4, 0.5) is 18.9 Å². The highest BCUT2D eigenvalue weighted by molar-refractivity contribution is 5.81. The second kappa shape index (κ2) is 9.82. The lowest BCUT2D eigenvalue weighted by Gasteiger charge is -2.46. The van der Waals surface area contributed by atoms with Gasteiger partial charge in [0.2, 0.25) is 5.91 Å². The monoisotopic (exact) mass is 487 g/mol. The Morgan fingerprint density at radius 3 is 2.23 bits per heavy atom. The molecule has 3 unspecified atom stereocenters. The molecule has 2 aromatic rings. The van der Waals surface area contributed by atoms with E-state index in [9.17, 15) is 18.0 Å². The Bertz CT molecular complexity index is 1050. The van der Waals surface area contributed by atoms with E-state index in [2.05, 4.69) is 23.6 Å². The lowest BCUT2D eigenvalue weighted by Crippen LogP contribution is -2.59. The molecule has 0 aromatic heterocycles. The van der Waals surface area contributed by atoms with E-state index in [-0.39, 0.29) is 35.8 Å². The molecular formula is C27H32F3N3O2. The number of ether oxygens (including phenoxy) is 1. The molecule has 3 heterocycles. The first-order chi connectivity index (χ1) is 16.8. The van der Waals surface area contributed by atoms with Crippen molar-refractivity contribution in [2.24, 2.45) is 5.92 Å². The van der Waals surface area contributed by atoms with E-state index in [0.717, 1.165) is 18.2 Å². The SMILES string of the molecule is C[C@@H]1CN(C(=O)C2CN(C3CCOC3)CC2c2ccc(F)cc2F)C[C@H](C)N1c1ccc(F)cc1. The summed E-state index contributed by atoms with van der Waals surface area (Å²) >= 11 is 0. The highest BCUT2D eigenvalue weighted by atomic mass is 19.1. The van der Waals surface area contributed by atoms with Gasteiger partial charge >= 0.3 is 0 Å². The molecule has 5 nitrogen and oxygen atoms in total. The molecule has 0 spiro atoms. The van der Waals surface area contributed by atoms with E-state index in [0.29, 0.717) is 45.0 Å². The van der Waals surface area contributed by atoms with Gasteiger partial charge in [0.15, 0.2) is 0 Å². The molecule has 3 saturated heterocycles. The van der Waals surface area contributed by atoms with Crippen LogP contribution in [0, 0.1) is 23.4 Å². The average molecular weight is 488 g/mol.